The largest absolute Gasteiger partial charge is 0.465 e. The fraction of sp³-hybridized carbons (Fsp3) is 0.188. The van der Waals surface area contributed by atoms with Gasteiger partial charge in [-0.1, -0.05) is 12.1 Å². The van der Waals surface area contributed by atoms with E-state index in [0.717, 1.165) is 16.9 Å². The van der Waals surface area contributed by atoms with E-state index < -0.39 is 11.9 Å². The maximum atomic E-state index is 11.8. The third-order valence-corrected chi connectivity index (χ3v) is 5.27. The van der Waals surface area contributed by atoms with Crippen LogP contribution in [-0.4, -0.2) is 26.2 Å². The van der Waals surface area contributed by atoms with Crippen molar-refractivity contribution in [2.75, 3.05) is 14.2 Å². The number of nitrogens with zero attached hydrogens (tertiary/aromatic N) is 1. The number of esters is 2. The lowest BCUT2D eigenvalue weighted by Crippen LogP contribution is -1.99. The van der Waals surface area contributed by atoms with Gasteiger partial charge in [0.25, 0.3) is 0 Å². The van der Waals surface area contributed by atoms with Gasteiger partial charge in [-0.15, -0.1) is 23.1 Å². The average molecular weight is 347 g/mol. The molecule has 0 fully saturated rings. The van der Waals surface area contributed by atoms with Crippen LogP contribution in [0.4, 0.5) is 0 Å². The Morgan fingerprint density at radius 2 is 1.83 bits per heavy atom. The third-order valence-electron chi connectivity index (χ3n) is 2.93. The number of ether oxygens (including phenoxy) is 2. The molecule has 23 heavy (non-hydrogen) atoms. The van der Waals surface area contributed by atoms with Crippen molar-refractivity contribution >= 4 is 35.0 Å². The van der Waals surface area contributed by atoms with Gasteiger partial charge in [0.15, 0.2) is 0 Å². The molecule has 0 saturated carbocycles. The summed E-state index contributed by atoms with van der Waals surface area (Å²) < 4.78 is 9.44. The van der Waals surface area contributed by atoms with Gasteiger partial charge in [-0.05, 0) is 23.8 Å². The molecule has 0 unspecified atom stereocenters. The molecular formula is C16H13NO4S2. The molecule has 1 aromatic carbocycles. The molecule has 0 aliphatic rings. The summed E-state index contributed by atoms with van der Waals surface area (Å²) in [4.78, 5) is 24.9. The summed E-state index contributed by atoms with van der Waals surface area (Å²) in [6.07, 6.45) is 0. The molecule has 1 heterocycles. The van der Waals surface area contributed by atoms with E-state index in [-0.39, 0.29) is 0 Å². The number of nitriles is 1. The zero-order valence-electron chi connectivity index (χ0n) is 12.5. The van der Waals surface area contributed by atoms with E-state index in [1.807, 2.05) is 12.1 Å². The van der Waals surface area contributed by atoms with Gasteiger partial charge in [0.2, 0.25) is 0 Å². The van der Waals surface area contributed by atoms with Gasteiger partial charge in [0.1, 0.15) is 9.75 Å². The standard InChI is InChI=1S/C16H13NO4S2/c1-20-15(18)13-7-12(14(23-13)16(19)21-2)22-9-11-5-3-10(8-17)4-6-11/h3-7H,9H2,1-2H3. The number of methoxy groups -OCH3 is 2. The molecule has 1 aromatic heterocycles. The smallest absolute Gasteiger partial charge is 0.349 e. The van der Waals surface area contributed by atoms with E-state index in [9.17, 15) is 9.59 Å². The van der Waals surface area contributed by atoms with Gasteiger partial charge in [-0.3, -0.25) is 0 Å². The first-order valence-corrected chi connectivity index (χ1v) is 8.31. The molecule has 0 atom stereocenters. The van der Waals surface area contributed by atoms with Crippen LogP contribution in [0.1, 0.15) is 30.5 Å². The first-order valence-electron chi connectivity index (χ1n) is 6.51. The average Bonchev–Trinajstić information content (AvgIpc) is 3.03. The molecule has 0 aliphatic carbocycles. The Morgan fingerprint density at radius 1 is 1.17 bits per heavy atom. The van der Waals surface area contributed by atoms with E-state index in [4.69, 9.17) is 10.00 Å². The minimum Gasteiger partial charge on any atom is -0.465 e. The topological polar surface area (TPSA) is 76.4 Å². The van der Waals surface area contributed by atoms with Gasteiger partial charge < -0.3 is 9.47 Å². The van der Waals surface area contributed by atoms with Gasteiger partial charge in [0, 0.05) is 10.6 Å². The minimum absolute atomic E-state index is 0.357. The summed E-state index contributed by atoms with van der Waals surface area (Å²) in [6, 6.07) is 10.9. The Kier molecular flexibility index (Phi) is 5.79. The summed E-state index contributed by atoms with van der Waals surface area (Å²) in [6.45, 7) is 0. The maximum absolute atomic E-state index is 11.8. The summed E-state index contributed by atoms with van der Waals surface area (Å²) in [7, 11) is 2.60. The summed E-state index contributed by atoms with van der Waals surface area (Å²) >= 11 is 2.48. The van der Waals surface area contributed by atoms with Crippen molar-refractivity contribution in [2.45, 2.75) is 10.6 Å². The van der Waals surface area contributed by atoms with Gasteiger partial charge in [-0.25, -0.2) is 9.59 Å². The van der Waals surface area contributed by atoms with E-state index in [1.165, 1.54) is 26.0 Å². The van der Waals surface area contributed by atoms with E-state index >= 15 is 0 Å². The van der Waals surface area contributed by atoms with Gasteiger partial charge in [-0.2, -0.15) is 5.26 Å². The molecule has 2 aromatic rings. The molecule has 0 bridgehead atoms. The van der Waals surface area contributed by atoms with E-state index in [1.54, 1.807) is 18.2 Å². The summed E-state index contributed by atoms with van der Waals surface area (Å²) in [5.41, 5.74) is 1.60. The quantitative estimate of drug-likeness (QED) is 0.609. The second kappa shape index (κ2) is 7.81. The highest BCUT2D eigenvalue weighted by Gasteiger charge is 2.21. The van der Waals surface area contributed by atoms with Crippen LogP contribution in [0.5, 0.6) is 0 Å². The third kappa shape index (κ3) is 4.12. The SMILES string of the molecule is COC(=O)c1cc(SCc2ccc(C#N)cc2)c(C(=O)OC)s1. The highest BCUT2D eigenvalue weighted by atomic mass is 32.2. The monoisotopic (exact) mass is 347 g/mol. The fourth-order valence-electron chi connectivity index (χ4n) is 1.75. The second-order valence-electron chi connectivity index (χ2n) is 4.38. The molecule has 0 amide bonds. The highest BCUT2D eigenvalue weighted by Crippen LogP contribution is 2.34. The molecule has 0 spiro atoms. The number of hydrogen-bond donors (Lipinski definition) is 0. The van der Waals surface area contributed by atoms with Crippen LogP contribution < -0.4 is 0 Å². The van der Waals surface area contributed by atoms with Crippen molar-refractivity contribution in [3.63, 3.8) is 0 Å². The van der Waals surface area contributed by atoms with Crippen LogP contribution in [0.25, 0.3) is 0 Å². The van der Waals surface area contributed by atoms with Crippen molar-refractivity contribution in [1.82, 2.24) is 0 Å². The predicted octanol–water partition coefficient (Wildman–Crippen LogP) is 3.49. The number of carbonyl (C=O) groups excluding carboxylic acids is 2. The van der Waals surface area contributed by atoms with Crippen LogP contribution in [0.3, 0.4) is 0 Å². The second-order valence-corrected chi connectivity index (χ2v) is 6.45. The molecule has 0 radical (unpaired) electrons. The molecule has 0 aliphatic heterocycles. The van der Waals surface area contributed by atoms with Gasteiger partial charge >= 0.3 is 11.9 Å². The number of carbonyl (C=O) groups is 2. The summed E-state index contributed by atoms with van der Waals surface area (Å²) in [5.74, 6) is -0.356. The number of thioether (sulfide) groups is 1. The molecule has 0 N–H and O–H groups in total. The molecule has 0 saturated heterocycles. The fourth-order valence-corrected chi connectivity index (χ4v) is 3.95. The normalized spacial score (nSPS) is 9.96. The maximum Gasteiger partial charge on any atom is 0.349 e. The molecule has 118 valence electrons. The number of thiophene rings is 1. The van der Waals surface area contributed by atoms with Crippen LogP contribution in [0.15, 0.2) is 35.2 Å². The molecule has 7 heteroatoms. The number of rotatable bonds is 5. The molecular weight excluding hydrogens is 334 g/mol. The lowest BCUT2D eigenvalue weighted by Gasteiger charge is -2.03. The van der Waals surface area contributed by atoms with Crippen molar-refractivity contribution in [2.24, 2.45) is 0 Å². The molecule has 2 rings (SSSR count). The number of hydrogen-bond acceptors (Lipinski definition) is 7. The Morgan fingerprint density at radius 3 is 2.39 bits per heavy atom. The van der Waals surface area contributed by atoms with Gasteiger partial charge in [0.05, 0.1) is 25.9 Å². The van der Waals surface area contributed by atoms with Crippen LogP contribution in [-0.2, 0) is 15.2 Å². The Bertz CT molecular complexity index is 759. The Labute approximate surface area is 141 Å². The van der Waals surface area contributed by atoms with E-state index in [2.05, 4.69) is 10.8 Å². The molecule has 5 nitrogen and oxygen atoms in total. The van der Waals surface area contributed by atoms with Crippen LogP contribution in [0, 0.1) is 11.3 Å². The Balaban J connectivity index is 2.20. The van der Waals surface area contributed by atoms with Crippen molar-refractivity contribution in [3.8, 4) is 6.07 Å². The Hall–Kier alpha value is -2.30. The number of benzene rings is 1. The summed E-state index contributed by atoms with van der Waals surface area (Å²) in [5, 5.41) is 8.79. The van der Waals surface area contributed by atoms with Crippen molar-refractivity contribution < 1.29 is 19.1 Å². The first kappa shape index (κ1) is 17.1. The highest BCUT2D eigenvalue weighted by molar-refractivity contribution is 7.98. The van der Waals surface area contributed by atoms with E-state index in [0.29, 0.717) is 26.0 Å². The minimum atomic E-state index is -0.481. The van der Waals surface area contributed by atoms with Crippen LogP contribution in [0.2, 0.25) is 0 Å². The predicted molar refractivity (Wildman–Crippen MR) is 87.7 cm³/mol. The lowest BCUT2D eigenvalue weighted by molar-refractivity contribution is 0.0596. The zero-order valence-corrected chi connectivity index (χ0v) is 14.1. The first-order chi connectivity index (χ1) is 11.1. The van der Waals surface area contributed by atoms with Crippen LogP contribution >= 0.6 is 23.1 Å². The van der Waals surface area contributed by atoms with Crippen molar-refractivity contribution in [1.29, 1.82) is 5.26 Å². The lowest BCUT2D eigenvalue weighted by atomic mass is 10.2. The zero-order chi connectivity index (χ0) is 16.8. The van der Waals surface area contributed by atoms with Crippen molar-refractivity contribution in [3.05, 3.63) is 51.2 Å².